The van der Waals surface area contributed by atoms with Crippen LogP contribution in [0.1, 0.15) is 27.2 Å². The van der Waals surface area contributed by atoms with Gasteiger partial charge < -0.3 is 9.47 Å². The number of ether oxygens (including phenoxy) is 2. The van der Waals surface area contributed by atoms with E-state index >= 15 is 0 Å². The van der Waals surface area contributed by atoms with E-state index in [-0.39, 0.29) is 6.61 Å². The number of cyclic esters (lactones) is 1. The van der Waals surface area contributed by atoms with Crippen LogP contribution >= 0.6 is 0 Å². The predicted octanol–water partition coefficient (Wildman–Crippen LogP) is 3.40. The molecule has 0 aliphatic carbocycles. The first-order valence-electron chi connectivity index (χ1n) is 6.92. The molecule has 1 heterocycles. The molecule has 0 aromatic heterocycles. The molecule has 6 heteroatoms. The van der Waals surface area contributed by atoms with E-state index in [2.05, 4.69) is 0 Å². The van der Waals surface area contributed by atoms with Gasteiger partial charge in [0.15, 0.2) is 0 Å². The summed E-state index contributed by atoms with van der Waals surface area (Å²) in [5.41, 5.74) is 0.0862. The van der Waals surface area contributed by atoms with Gasteiger partial charge in [0.05, 0.1) is 12.3 Å². The zero-order valence-electron chi connectivity index (χ0n) is 12.8. The fourth-order valence-corrected chi connectivity index (χ4v) is 2.03. The maximum atomic E-state index is 13.4. The Morgan fingerprint density at radius 3 is 2.77 bits per heavy atom. The van der Waals surface area contributed by atoms with E-state index in [1.165, 1.54) is 29.2 Å². The summed E-state index contributed by atoms with van der Waals surface area (Å²) in [5.74, 6) is -1.04. The lowest BCUT2D eigenvalue weighted by molar-refractivity contribution is -0.148. The quantitative estimate of drug-likeness (QED) is 0.621. The summed E-state index contributed by atoms with van der Waals surface area (Å²) in [6, 6.07) is 5.53. The molecule has 0 radical (unpaired) electrons. The van der Waals surface area contributed by atoms with E-state index in [1.807, 2.05) is 0 Å². The van der Waals surface area contributed by atoms with E-state index in [1.54, 1.807) is 26.8 Å². The predicted molar refractivity (Wildman–Crippen MR) is 78.8 cm³/mol. The van der Waals surface area contributed by atoms with Crippen molar-refractivity contribution in [2.75, 3.05) is 11.5 Å². The number of rotatable bonds is 2. The molecule has 22 heavy (non-hydrogen) atoms. The van der Waals surface area contributed by atoms with Crippen LogP contribution in [0.5, 0.6) is 0 Å². The number of halogens is 1. The molecule has 1 aliphatic heterocycles. The highest BCUT2D eigenvalue weighted by molar-refractivity contribution is 5.95. The molecule has 1 aliphatic rings. The van der Waals surface area contributed by atoms with E-state index in [4.69, 9.17) is 9.47 Å². The molecule has 0 bridgehead atoms. The number of anilines is 1. The zero-order chi connectivity index (χ0) is 16.3. The molecule has 1 amide bonds. The molecule has 0 saturated carbocycles. The normalized spacial score (nSPS) is 17.4. The molecular weight excluding hydrogens is 289 g/mol. The average Bonchev–Trinajstić information content (AvgIpc) is 2.36. The van der Waals surface area contributed by atoms with Crippen molar-refractivity contribution in [3.63, 3.8) is 0 Å². The molecule has 1 aromatic carbocycles. The SMILES string of the molecule is CC(C)(C)OC(=O)/C=C1\CCOC(=O)N1c1cccc(F)c1. The molecule has 0 atom stereocenters. The Labute approximate surface area is 128 Å². The van der Waals surface area contributed by atoms with Gasteiger partial charge in [0.2, 0.25) is 0 Å². The lowest BCUT2D eigenvalue weighted by Crippen LogP contribution is -2.37. The summed E-state index contributed by atoms with van der Waals surface area (Å²) in [4.78, 5) is 25.1. The van der Waals surface area contributed by atoms with Crippen LogP contribution in [-0.2, 0) is 14.3 Å². The Kier molecular flexibility index (Phi) is 4.49. The summed E-state index contributed by atoms with van der Waals surface area (Å²) in [5, 5.41) is 0. The molecule has 1 fully saturated rings. The largest absolute Gasteiger partial charge is 0.457 e. The van der Waals surface area contributed by atoms with Crippen LogP contribution in [0.25, 0.3) is 0 Å². The van der Waals surface area contributed by atoms with Gasteiger partial charge in [-0.1, -0.05) is 6.07 Å². The van der Waals surface area contributed by atoms with Crippen LogP contribution in [0.15, 0.2) is 36.0 Å². The summed E-state index contributed by atoms with van der Waals surface area (Å²) < 4.78 is 23.6. The fraction of sp³-hybridized carbons (Fsp3) is 0.375. The Balaban J connectivity index is 2.31. The van der Waals surface area contributed by atoms with Crippen molar-refractivity contribution in [2.45, 2.75) is 32.8 Å². The van der Waals surface area contributed by atoms with Gasteiger partial charge in [-0.05, 0) is 39.0 Å². The van der Waals surface area contributed by atoms with Crippen LogP contribution in [0, 0.1) is 5.82 Å². The van der Waals surface area contributed by atoms with Gasteiger partial charge in [0.25, 0.3) is 0 Å². The van der Waals surface area contributed by atoms with E-state index < -0.39 is 23.5 Å². The second-order valence-electron chi connectivity index (χ2n) is 5.85. The third-order valence-corrected chi connectivity index (χ3v) is 2.81. The van der Waals surface area contributed by atoms with Crippen molar-refractivity contribution in [1.29, 1.82) is 0 Å². The molecule has 0 N–H and O–H groups in total. The first-order valence-corrected chi connectivity index (χ1v) is 6.92. The summed E-state index contributed by atoms with van der Waals surface area (Å²) in [6.07, 6.45) is 0.949. The van der Waals surface area contributed by atoms with Crippen LogP contribution in [-0.4, -0.2) is 24.3 Å². The van der Waals surface area contributed by atoms with E-state index in [9.17, 15) is 14.0 Å². The maximum absolute atomic E-state index is 13.4. The molecule has 0 unspecified atom stereocenters. The van der Waals surface area contributed by atoms with Crippen LogP contribution in [0.4, 0.5) is 14.9 Å². The number of hydrogen-bond acceptors (Lipinski definition) is 4. The monoisotopic (exact) mass is 307 g/mol. The summed E-state index contributed by atoms with van der Waals surface area (Å²) >= 11 is 0. The number of nitrogens with zero attached hydrogens (tertiary/aromatic N) is 1. The van der Waals surface area contributed by atoms with Crippen LogP contribution in [0.2, 0.25) is 0 Å². The van der Waals surface area contributed by atoms with Gasteiger partial charge in [-0.3, -0.25) is 0 Å². The summed E-state index contributed by atoms with van der Waals surface area (Å²) in [7, 11) is 0. The van der Waals surface area contributed by atoms with Crippen molar-refractivity contribution in [1.82, 2.24) is 0 Å². The van der Waals surface area contributed by atoms with Crippen molar-refractivity contribution in [3.8, 4) is 0 Å². The van der Waals surface area contributed by atoms with Gasteiger partial charge in [0, 0.05) is 18.2 Å². The topological polar surface area (TPSA) is 55.8 Å². The smallest absolute Gasteiger partial charge is 0.418 e. The molecular formula is C16H18FNO4. The third-order valence-electron chi connectivity index (χ3n) is 2.81. The number of amides is 1. The third kappa shape index (κ3) is 4.07. The Morgan fingerprint density at radius 2 is 2.14 bits per heavy atom. The highest BCUT2D eigenvalue weighted by Crippen LogP contribution is 2.26. The lowest BCUT2D eigenvalue weighted by atomic mass is 10.2. The number of esters is 1. The Morgan fingerprint density at radius 1 is 1.41 bits per heavy atom. The van der Waals surface area contributed by atoms with Gasteiger partial charge in [0.1, 0.15) is 11.4 Å². The number of benzene rings is 1. The maximum Gasteiger partial charge on any atom is 0.418 e. The number of hydrogen-bond donors (Lipinski definition) is 0. The lowest BCUT2D eigenvalue weighted by Gasteiger charge is -2.29. The minimum Gasteiger partial charge on any atom is -0.457 e. The molecule has 2 rings (SSSR count). The van der Waals surface area contributed by atoms with E-state index in [0.717, 1.165) is 0 Å². The highest BCUT2D eigenvalue weighted by atomic mass is 19.1. The molecule has 1 aromatic rings. The Bertz CT molecular complexity index is 619. The second-order valence-corrected chi connectivity index (χ2v) is 5.85. The number of carbonyl (C=O) groups excluding carboxylic acids is 2. The molecule has 0 spiro atoms. The first-order chi connectivity index (χ1) is 10.3. The standard InChI is InChI=1S/C16H18FNO4/c1-16(2,3)22-14(19)10-13-7-8-21-15(20)18(13)12-6-4-5-11(17)9-12/h4-6,9-10H,7-8H2,1-3H3/b13-10+. The van der Waals surface area contributed by atoms with Gasteiger partial charge in [-0.25, -0.2) is 18.9 Å². The first kappa shape index (κ1) is 16.0. The fourth-order valence-electron chi connectivity index (χ4n) is 2.03. The van der Waals surface area contributed by atoms with Crippen LogP contribution in [0.3, 0.4) is 0 Å². The van der Waals surface area contributed by atoms with Crippen molar-refractivity contribution >= 4 is 17.7 Å². The minimum absolute atomic E-state index is 0.166. The minimum atomic E-state index is -0.647. The van der Waals surface area contributed by atoms with Crippen molar-refractivity contribution in [3.05, 3.63) is 41.9 Å². The van der Waals surface area contributed by atoms with Gasteiger partial charge in [-0.2, -0.15) is 0 Å². The number of carbonyl (C=O) groups is 2. The van der Waals surface area contributed by atoms with E-state index in [0.29, 0.717) is 17.8 Å². The summed E-state index contributed by atoms with van der Waals surface area (Å²) in [6.45, 7) is 5.42. The molecule has 118 valence electrons. The highest BCUT2D eigenvalue weighted by Gasteiger charge is 2.28. The van der Waals surface area contributed by atoms with Gasteiger partial charge in [-0.15, -0.1) is 0 Å². The second kappa shape index (κ2) is 6.17. The van der Waals surface area contributed by atoms with Crippen molar-refractivity contribution in [2.24, 2.45) is 0 Å². The molecule has 5 nitrogen and oxygen atoms in total. The molecule has 1 saturated heterocycles. The van der Waals surface area contributed by atoms with Crippen molar-refractivity contribution < 1.29 is 23.5 Å². The van der Waals surface area contributed by atoms with Gasteiger partial charge >= 0.3 is 12.1 Å². The average molecular weight is 307 g/mol. The van der Waals surface area contributed by atoms with Crippen LogP contribution < -0.4 is 4.90 Å². The Hall–Kier alpha value is -2.37. The zero-order valence-corrected chi connectivity index (χ0v) is 12.8.